The number of aromatic nitrogens is 2. The van der Waals surface area contributed by atoms with Gasteiger partial charge in [0.15, 0.2) is 0 Å². The predicted octanol–water partition coefficient (Wildman–Crippen LogP) is 4.42. The lowest BCUT2D eigenvalue weighted by atomic mass is 10.1. The lowest BCUT2D eigenvalue weighted by molar-refractivity contribution is 0.625. The highest BCUT2D eigenvalue weighted by Gasteiger charge is 2.11. The van der Waals surface area contributed by atoms with Gasteiger partial charge >= 0.3 is 0 Å². The summed E-state index contributed by atoms with van der Waals surface area (Å²) in [6.45, 7) is 0. The summed E-state index contributed by atoms with van der Waals surface area (Å²) in [5.41, 5.74) is 1.95. The molecule has 0 unspecified atom stereocenters. The van der Waals surface area contributed by atoms with Crippen LogP contribution < -0.4 is 0 Å². The zero-order valence-electron chi connectivity index (χ0n) is 10.8. The molecule has 0 aliphatic carbocycles. The van der Waals surface area contributed by atoms with E-state index in [0.29, 0.717) is 5.82 Å². The van der Waals surface area contributed by atoms with Gasteiger partial charge in [0.05, 0.1) is 21.6 Å². The first-order chi connectivity index (χ1) is 10.2. The molecule has 0 spiro atoms. The normalized spacial score (nSPS) is 11.6. The molecule has 21 heavy (non-hydrogen) atoms. The average Bonchev–Trinajstić information content (AvgIpc) is 2.90. The molecular formula is C16H9ClFN3. The Hall–Kier alpha value is -2.64. The number of para-hydroxylation sites is 2. The second kappa shape index (κ2) is 5.39. The van der Waals surface area contributed by atoms with E-state index in [2.05, 4.69) is 9.97 Å². The molecule has 0 radical (unpaired) electrons. The number of halogens is 2. The molecule has 0 saturated carbocycles. The number of nitrogens with zero attached hydrogens (tertiary/aromatic N) is 2. The van der Waals surface area contributed by atoms with Crippen molar-refractivity contribution in [1.82, 2.24) is 9.97 Å². The van der Waals surface area contributed by atoms with E-state index in [1.165, 1.54) is 18.2 Å². The number of hydrogen-bond donors (Lipinski definition) is 1. The van der Waals surface area contributed by atoms with Crippen LogP contribution in [0.1, 0.15) is 11.4 Å². The Balaban J connectivity index is 2.14. The number of benzene rings is 2. The smallest absolute Gasteiger partial charge is 0.149 e. The maximum absolute atomic E-state index is 13.8. The summed E-state index contributed by atoms with van der Waals surface area (Å²) in [6.07, 6.45) is 1.40. The van der Waals surface area contributed by atoms with Crippen LogP contribution >= 0.6 is 11.6 Å². The van der Waals surface area contributed by atoms with E-state index < -0.39 is 5.82 Å². The lowest BCUT2D eigenvalue weighted by Crippen LogP contribution is -1.88. The van der Waals surface area contributed by atoms with Gasteiger partial charge in [0.25, 0.3) is 0 Å². The molecular weight excluding hydrogens is 289 g/mol. The van der Waals surface area contributed by atoms with Crippen LogP contribution in [0.15, 0.2) is 42.5 Å². The zero-order chi connectivity index (χ0) is 14.8. The molecule has 0 atom stereocenters. The SMILES string of the molecule is N#C/C(=C\c1c(F)cccc1Cl)c1nc2ccccc2[nH]1. The zero-order valence-corrected chi connectivity index (χ0v) is 11.5. The van der Waals surface area contributed by atoms with Crippen LogP contribution in [-0.4, -0.2) is 9.97 Å². The largest absolute Gasteiger partial charge is 0.337 e. The molecule has 0 fully saturated rings. The van der Waals surface area contributed by atoms with Crippen LogP contribution in [-0.2, 0) is 0 Å². The van der Waals surface area contributed by atoms with E-state index in [1.54, 1.807) is 6.07 Å². The van der Waals surface area contributed by atoms with Gasteiger partial charge in [-0.05, 0) is 30.3 Å². The van der Waals surface area contributed by atoms with Crippen molar-refractivity contribution >= 4 is 34.3 Å². The fourth-order valence-corrected chi connectivity index (χ4v) is 2.24. The number of rotatable bonds is 2. The van der Waals surface area contributed by atoms with Crippen LogP contribution in [0.3, 0.4) is 0 Å². The monoisotopic (exact) mass is 297 g/mol. The van der Waals surface area contributed by atoms with Crippen LogP contribution in [0.25, 0.3) is 22.7 Å². The third-order valence-electron chi connectivity index (χ3n) is 3.05. The van der Waals surface area contributed by atoms with Gasteiger partial charge < -0.3 is 4.98 Å². The van der Waals surface area contributed by atoms with Crippen molar-refractivity contribution in [3.05, 3.63) is 64.7 Å². The van der Waals surface area contributed by atoms with E-state index in [9.17, 15) is 9.65 Å². The summed E-state index contributed by atoms with van der Waals surface area (Å²) >= 11 is 5.97. The number of H-pyrrole nitrogens is 1. The van der Waals surface area contributed by atoms with Crippen molar-refractivity contribution in [3.8, 4) is 6.07 Å². The van der Waals surface area contributed by atoms with Gasteiger partial charge in [0.2, 0.25) is 0 Å². The molecule has 1 aromatic heterocycles. The fourth-order valence-electron chi connectivity index (χ4n) is 2.03. The first kappa shape index (κ1) is 13.3. The van der Waals surface area contributed by atoms with Crippen LogP contribution in [0.5, 0.6) is 0 Å². The number of nitrogens with one attached hydrogen (secondary N) is 1. The standard InChI is InChI=1S/C16H9ClFN3/c17-12-4-3-5-13(18)11(12)8-10(9-19)16-20-14-6-1-2-7-15(14)21-16/h1-8H,(H,20,21)/b10-8+. The van der Waals surface area contributed by atoms with E-state index in [-0.39, 0.29) is 16.2 Å². The molecule has 102 valence electrons. The highest BCUT2D eigenvalue weighted by Crippen LogP contribution is 2.25. The van der Waals surface area contributed by atoms with Gasteiger partial charge in [-0.15, -0.1) is 0 Å². The first-order valence-electron chi connectivity index (χ1n) is 6.20. The average molecular weight is 298 g/mol. The maximum atomic E-state index is 13.8. The van der Waals surface area contributed by atoms with E-state index in [0.717, 1.165) is 11.0 Å². The molecule has 0 amide bonds. The van der Waals surface area contributed by atoms with E-state index in [1.807, 2.05) is 30.3 Å². The molecule has 0 bridgehead atoms. The van der Waals surface area contributed by atoms with Crippen molar-refractivity contribution < 1.29 is 4.39 Å². The number of fused-ring (bicyclic) bond motifs is 1. The summed E-state index contributed by atoms with van der Waals surface area (Å²) < 4.78 is 13.8. The Kier molecular flexibility index (Phi) is 3.43. The highest BCUT2D eigenvalue weighted by molar-refractivity contribution is 6.32. The predicted molar refractivity (Wildman–Crippen MR) is 81.0 cm³/mol. The summed E-state index contributed by atoms with van der Waals surface area (Å²) in [6, 6.07) is 13.8. The minimum atomic E-state index is -0.480. The molecule has 1 N–H and O–H groups in total. The minimum Gasteiger partial charge on any atom is -0.337 e. The highest BCUT2D eigenvalue weighted by atomic mass is 35.5. The van der Waals surface area contributed by atoms with Crippen molar-refractivity contribution in [3.63, 3.8) is 0 Å². The number of hydrogen-bond acceptors (Lipinski definition) is 2. The Morgan fingerprint density at radius 2 is 2.05 bits per heavy atom. The van der Waals surface area contributed by atoms with Crippen molar-refractivity contribution in [2.75, 3.05) is 0 Å². The molecule has 5 heteroatoms. The van der Waals surface area contributed by atoms with Crippen molar-refractivity contribution in [2.45, 2.75) is 0 Å². The van der Waals surface area contributed by atoms with Gasteiger partial charge in [-0.2, -0.15) is 5.26 Å². The molecule has 3 rings (SSSR count). The second-order valence-corrected chi connectivity index (χ2v) is 4.81. The van der Waals surface area contributed by atoms with Gasteiger partial charge in [0.1, 0.15) is 17.7 Å². The second-order valence-electron chi connectivity index (χ2n) is 4.41. The lowest BCUT2D eigenvalue weighted by Gasteiger charge is -2.00. The van der Waals surface area contributed by atoms with Crippen LogP contribution in [0.4, 0.5) is 4.39 Å². The molecule has 0 aliphatic rings. The maximum Gasteiger partial charge on any atom is 0.149 e. The van der Waals surface area contributed by atoms with Gasteiger partial charge in [-0.25, -0.2) is 9.37 Å². The Morgan fingerprint density at radius 3 is 2.76 bits per heavy atom. The Bertz CT molecular complexity index is 837. The molecule has 0 aliphatic heterocycles. The van der Waals surface area contributed by atoms with Crippen LogP contribution in [0.2, 0.25) is 5.02 Å². The van der Waals surface area contributed by atoms with Gasteiger partial charge in [-0.1, -0.05) is 29.8 Å². The van der Waals surface area contributed by atoms with Gasteiger partial charge in [0, 0.05) is 5.56 Å². The summed E-state index contributed by atoms with van der Waals surface area (Å²) in [5, 5.41) is 9.55. The third kappa shape index (κ3) is 2.51. The third-order valence-corrected chi connectivity index (χ3v) is 3.38. The topological polar surface area (TPSA) is 52.5 Å². The van der Waals surface area contributed by atoms with Crippen LogP contribution in [0, 0.1) is 17.1 Å². The quantitative estimate of drug-likeness (QED) is 0.712. The number of aromatic amines is 1. The summed E-state index contributed by atoms with van der Waals surface area (Å²) in [5.74, 6) is -0.0932. The molecule has 3 aromatic rings. The van der Waals surface area contributed by atoms with E-state index >= 15 is 0 Å². The van der Waals surface area contributed by atoms with Gasteiger partial charge in [-0.3, -0.25) is 0 Å². The molecule has 1 heterocycles. The molecule has 2 aromatic carbocycles. The Morgan fingerprint density at radius 1 is 1.24 bits per heavy atom. The van der Waals surface area contributed by atoms with E-state index in [4.69, 9.17) is 11.6 Å². The molecule has 3 nitrogen and oxygen atoms in total. The number of imidazole rings is 1. The number of allylic oxidation sites excluding steroid dienone is 1. The van der Waals surface area contributed by atoms with Crippen molar-refractivity contribution in [1.29, 1.82) is 5.26 Å². The summed E-state index contributed by atoms with van der Waals surface area (Å²) in [4.78, 5) is 7.37. The Labute approximate surface area is 125 Å². The van der Waals surface area contributed by atoms with Crippen molar-refractivity contribution in [2.24, 2.45) is 0 Å². The fraction of sp³-hybridized carbons (Fsp3) is 0. The minimum absolute atomic E-state index is 0.177. The first-order valence-corrected chi connectivity index (χ1v) is 6.58. The number of nitriles is 1. The molecule has 0 saturated heterocycles. The summed E-state index contributed by atoms with van der Waals surface area (Å²) in [7, 11) is 0.